The summed E-state index contributed by atoms with van der Waals surface area (Å²) < 4.78 is 26.5. The molecule has 1 nitrogen and oxygen atoms in total. The van der Waals surface area contributed by atoms with E-state index in [1.54, 1.807) is 0 Å². The van der Waals surface area contributed by atoms with Crippen molar-refractivity contribution in [1.82, 2.24) is 0 Å². The van der Waals surface area contributed by atoms with Crippen molar-refractivity contribution >= 4 is 0 Å². The molecule has 0 aliphatic heterocycles. The molecule has 104 valence electrons. The molecule has 0 saturated heterocycles. The van der Waals surface area contributed by atoms with E-state index in [0.29, 0.717) is 5.56 Å². The molecule has 2 aromatic carbocycles. The van der Waals surface area contributed by atoms with Crippen molar-refractivity contribution in [3.63, 3.8) is 0 Å². The Kier molecular flexibility index (Phi) is 3.53. The van der Waals surface area contributed by atoms with Gasteiger partial charge >= 0.3 is 0 Å². The molecule has 20 heavy (non-hydrogen) atoms. The lowest BCUT2D eigenvalue weighted by molar-refractivity contribution is 0.219. The van der Waals surface area contributed by atoms with Gasteiger partial charge in [0.15, 0.2) is 0 Å². The van der Waals surface area contributed by atoms with E-state index in [9.17, 15) is 13.9 Å². The summed E-state index contributed by atoms with van der Waals surface area (Å²) in [5, 5.41) is 10.3. The summed E-state index contributed by atoms with van der Waals surface area (Å²) in [7, 11) is 0. The molecule has 0 spiro atoms. The van der Waals surface area contributed by atoms with Gasteiger partial charge in [0.2, 0.25) is 0 Å². The van der Waals surface area contributed by atoms with E-state index in [-0.39, 0.29) is 5.56 Å². The molecule has 3 heteroatoms. The van der Waals surface area contributed by atoms with E-state index in [4.69, 9.17) is 0 Å². The van der Waals surface area contributed by atoms with Crippen LogP contribution in [0.3, 0.4) is 0 Å². The zero-order chi connectivity index (χ0) is 14.1. The van der Waals surface area contributed by atoms with Crippen molar-refractivity contribution in [1.29, 1.82) is 0 Å². The lowest BCUT2D eigenvalue weighted by atomic mass is 9.88. The van der Waals surface area contributed by atoms with Gasteiger partial charge in [0.25, 0.3) is 0 Å². The second kappa shape index (κ2) is 5.33. The van der Waals surface area contributed by atoms with Gasteiger partial charge in [-0.3, -0.25) is 0 Å². The van der Waals surface area contributed by atoms with Crippen molar-refractivity contribution in [2.75, 3.05) is 0 Å². The standard InChI is InChI=1S/C17H16F2O/c18-15-8-14(9-16(19)10-15)17(20)13-6-5-11-3-1-2-4-12(11)7-13/h5-10,17,20H,1-4H2. The average Bonchev–Trinajstić information content (AvgIpc) is 2.45. The number of aliphatic hydroxyl groups is 1. The number of aryl methyl sites for hydroxylation is 2. The number of hydrogen-bond donors (Lipinski definition) is 1. The lowest BCUT2D eigenvalue weighted by Gasteiger charge is -2.19. The molecule has 3 rings (SSSR count). The summed E-state index contributed by atoms with van der Waals surface area (Å²) >= 11 is 0. The van der Waals surface area contributed by atoms with E-state index in [1.165, 1.54) is 29.7 Å². The SMILES string of the molecule is OC(c1cc(F)cc(F)c1)c1ccc2c(c1)CCCC2. The second-order valence-corrected chi connectivity index (χ2v) is 5.34. The third-order valence-electron chi connectivity index (χ3n) is 3.89. The van der Waals surface area contributed by atoms with Crippen LogP contribution in [0, 0.1) is 11.6 Å². The highest BCUT2D eigenvalue weighted by molar-refractivity contribution is 5.38. The Morgan fingerprint density at radius 1 is 0.800 bits per heavy atom. The molecule has 1 N–H and O–H groups in total. The molecular weight excluding hydrogens is 258 g/mol. The van der Waals surface area contributed by atoms with Crippen LogP contribution in [-0.4, -0.2) is 5.11 Å². The number of hydrogen-bond acceptors (Lipinski definition) is 1. The number of benzene rings is 2. The van der Waals surface area contributed by atoms with Crippen LogP contribution in [0.25, 0.3) is 0 Å². The predicted molar refractivity (Wildman–Crippen MR) is 73.5 cm³/mol. The van der Waals surface area contributed by atoms with Crippen molar-refractivity contribution < 1.29 is 13.9 Å². The third kappa shape index (κ3) is 2.59. The summed E-state index contributed by atoms with van der Waals surface area (Å²) in [4.78, 5) is 0. The Bertz CT molecular complexity index is 617. The maximum absolute atomic E-state index is 13.2. The number of halogens is 2. The van der Waals surface area contributed by atoms with E-state index < -0.39 is 17.7 Å². The summed E-state index contributed by atoms with van der Waals surface area (Å²) in [6, 6.07) is 8.98. The average molecular weight is 274 g/mol. The van der Waals surface area contributed by atoms with Gasteiger partial charge in [0.1, 0.15) is 17.7 Å². The maximum Gasteiger partial charge on any atom is 0.126 e. The zero-order valence-electron chi connectivity index (χ0n) is 11.1. The van der Waals surface area contributed by atoms with Gasteiger partial charge in [-0.2, -0.15) is 0 Å². The maximum atomic E-state index is 13.2. The highest BCUT2D eigenvalue weighted by atomic mass is 19.1. The molecule has 0 heterocycles. The Balaban J connectivity index is 1.95. The van der Waals surface area contributed by atoms with Crippen molar-refractivity contribution in [2.45, 2.75) is 31.8 Å². The summed E-state index contributed by atoms with van der Waals surface area (Å²) in [6.07, 6.45) is 3.44. The van der Waals surface area contributed by atoms with Crippen molar-refractivity contribution in [2.24, 2.45) is 0 Å². The van der Waals surface area contributed by atoms with Gasteiger partial charge in [-0.25, -0.2) is 8.78 Å². The number of fused-ring (bicyclic) bond motifs is 1. The molecule has 1 unspecified atom stereocenters. The van der Waals surface area contributed by atoms with Crippen LogP contribution in [0.5, 0.6) is 0 Å². The third-order valence-corrected chi connectivity index (χ3v) is 3.89. The van der Waals surface area contributed by atoms with E-state index >= 15 is 0 Å². The minimum Gasteiger partial charge on any atom is -0.384 e. The summed E-state index contributed by atoms with van der Waals surface area (Å²) in [5.41, 5.74) is 3.50. The van der Waals surface area contributed by atoms with Crippen LogP contribution in [0.2, 0.25) is 0 Å². The van der Waals surface area contributed by atoms with Crippen LogP contribution >= 0.6 is 0 Å². The number of rotatable bonds is 2. The van der Waals surface area contributed by atoms with Crippen LogP contribution in [0.15, 0.2) is 36.4 Å². The lowest BCUT2D eigenvalue weighted by Crippen LogP contribution is -2.06. The molecule has 0 bridgehead atoms. The fourth-order valence-corrected chi connectivity index (χ4v) is 2.85. The van der Waals surface area contributed by atoms with Crippen LogP contribution in [0.1, 0.15) is 41.2 Å². The molecular formula is C17H16F2O. The molecule has 0 fully saturated rings. The first-order valence-electron chi connectivity index (χ1n) is 6.89. The van der Waals surface area contributed by atoms with Gasteiger partial charge in [-0.15, -0.1) is 0 Å². The number of aliphatic hydroxyl groups excluding tert-OH is 1. The first-order valence-corrected chi connectivity index (χ1v) is 6.89. The molecule has 0 amide bonds. The van der Waals surface area contributed by atoms with Crippen LogP contribution < -0.4 is 0 Å². The highest BCUT2D eigenvalue weighted by Gasteiger charge is 2.16. The predicted octanol–water partition coefficient (Wildman–Crippen LogP) is 3.93. The molecule has 0 radical (unpaired) electrons. The highest BCUT2D eigenvalue weighted by Crippen LogP contribution is 2.28. The minimum atomic E-state index is -0.993. The molecule has 0 aromatic heterocycles. The largest absolute Gasteiger partial charge is 0.384 e. The van der Waals surface area contributed by atoms with Crippen LogP contribution in [0.4, 0.5) is 8.78 Å². The van der Waals surface area contributed by atoms with E-state index in [1.807, 2.05) is 18.2 Å². The molecule has 1 aliphatic carbocycles. The molecule has 0 saturated carbocycles. The monoisotopic (exact) mass is 274 g/mol. The first-order chi connectivity index (χ1) is 9.63. The quantitative estimate of drug-likeness (QED) is 0.880. The molecule has 1 aliphatic rings. The summed E-state index contributed by atoms with van der Waals surface area (Å²) in [6.45, 7) is 0. The Hall–Kier alpha value is -1.74. The zero-order valence-corrected chi connectivity index (χ0v) is 11.1. The Morgan fingerprint density at radius 3 is 2.15 bits per heavy atom. The molecule has 2 aromatic rings. The van der Waals surface area contributed by atoms with Gasteiger partial charge in [-0.05, 0) is 60.1 Å². The van der Waals surface area contributed by atoms with Gasteiger partial charge < -0.3 is 5.11 Å². The van der Waals surface area contributed by atoms with E-state index in [0.717, 1.165) is 25.3 Å². The van der Waals surface area contributed by atoms with Gasteiger partial charge in [-0.1, -0.05) is 18.2 Å². The fraction of sp³-hybridized carbons (Fsp3) is 0.294. The first kappa shape index (κ1) is 13.3. The Morgan fingerprint density at radius 2 is 1.45 bits per heavy atom. The summed E-state index contributed by atoms with van der Waals surface area (Å²) in [5.74, 6) is -1.34. The second-order valence-electron chi connectivity index (χ2n) is 5.34. The Labute approximate surface area is 116 Å². The fourth-order valence-electron chi connectivity index (χ4n) is 2.85. The smallest absolute Gasteiger partial charge is 0.126 e. The van der Waals surface area contributed by atoms with Gasteiger partial charge in [0.05, 0.1) is 0 Å². The molecule has 1 atom stereocenters. The van der Waals surface area contributed by atoms with E-state index in [2.05, 4.69) is 0 Å². The topological polar surface area (TPSA) is 20.2 Å². The van der Waals surface area contributed by atoms with Gasteiger partial charge in [0, 0.05) is 6.07 Å². The van der Waals surface area contributed by atoms with Crippen molar-refractivity contribution in [3.8, 4) is 0 Å². The normalized spacial score (nSPS) is 15.8. The minimum absolute atomic E-state index is 0.248. The van der Waals surface area contributed by atoms with Crippen molar-refractivity contribution in [3.05, 3.63) is 70.3 Å². The van der Waals surface area contributed by atoms with Crippen LogP contribution in [-0.2, 0) is 12.8 Å².